The minimum atomic E-state index is -0.390. The van der Waals surface area contributed by atoms with Crippen molar-refractivity contribution in [2.24, 2.45) is 0 Å². The second-order valence-electron chi connectivity index (χ2n) is 7.25. The van der Waals surface area contributed by atoms with E-state index >= 15 is 0 Å². The SMILES string of the molecule is C[C@@H](Nc1cc(Cl)cc(Cl)c1)C(=O)N1CCC[C@H](Nc2ncnc3[nH]ccc23)C1. The Balaban J connectivity index is 1.40. The van der Waals surface area contributed by atoms with Crippen molar-refractivity contribution in [2.75, 3.05) is 23.7 Å². The average Bonchev–Trinajstić information content (AvgIpc) is 3.17. The second kappa shape index (κ2) is 8.47. The molecule has 7 nitrogen and oxygen atoms in total. The number of carbonyl (C=O) groups excluding carboxylic acids is 1. The van der Waals surface area contributed by atoms with Crippen LogP contribution in [0.3, 0.4) is 0 Å². The first-order chi connectivity index (χ1) is 14.0. The molecule has 0 bridgehead atoms. The first-order valence-corrected chi connectivity index (χ1v) is 10.3. The molecule has 152 valence electrons. The van der Waals surface area contributed by atoms with Crippen LogP contribution in [0.2, 0.25) is 10.0 Å². The van der Waals surface area contributed by atoms with Crippen molar-refractivity contribution < 1.29 is 4.79 Å². The second-order valence-corrected chi connectivity index (χ2v) is 8.13. The molecule has 1 saturated heterocycles. The molecular formula is C20H22Cl2N6O. The molecule has 0 radical (unpaired) electrons. The summed E-state index contributed by atoms with van der Waals surface area (Å²) in [4.78, 5) is 26.5. The lowest BCUT2D eigenvalue weighted by atomic mass is 10.0. The summed E-state index contributed by atoms with van der Waals surface area (Å²) in [6.07, 6.45) is 5.29. The summed E-state index contributed by atoms with van der Waals surface area (Å²) in [5.41, 5.74) is 1.52. The topological polar surface area (TPSA) is 85.9 Å². The van der Waals surface area contributed by atoms with Crippen LogP contribution in [0.25, 0.3) is 11.0 Å². The molecule has 3 heterocycles. The first kappa shape index (κ1) is 19.8. The molecule has 1 aromatic carbocycles. The number of benzene rings is 1. The van der Waals surface area contributed by atoms with Gasteiger partial charge in [0.25, 0.3) is 0 Å². The molecule has 0 unspecified atom stereocenters. The van der Waals surface area contributed by atoms with E-state index in [0.717, 1.165) is 41.9 Å². The third-order valence-electron chi connectivity index (χ3n) is 5.04. The molecule has 2 atom stereocenters. The summed E-state index contributed by atoms with van der Waals surface area (Å²) in [6.45, 7) is 3.21. The normalized spacial score (nSPS) is 17.9. The molecular weight excluding hydrogens is 411 g/mol. The molecule has 9 heteroatoms. The number of likely N-dealkylation sites (tertiary alicyclic amines) is 1. The molecule has 0 saturated carbocycles. The predicted octanol–water partition coefficient (Wildman–Crippen LogP) is 4.17. The van der Waals surface area contributed by atoms with Crippen molar-refractivity contribution in [1.82, 2.24) is 19.9 Å². The Morgan fingerprint density at radius 1 is 1.28 bits per heavy atom. The van der Waals surface area contributed by atoms with E-state index in [1.165, 1.54) is 6.33 Å². The zero-order valence-electron chi connectivity index (χ0n) is 16.0. The Labute approximate surface area is 178 Å². The molecule has 1 fully saturated rings. The maximum Gasteiger partial charge on any atom is 0.244 e. The van der Waals surface area contributed by atoms with Gasteiger partial charge in [-0.1, -0.05) is 23.2 Å². The fourth-order valence-corrected chi connectivity index (χ4v) is 4.22. The van der Waals surface area contributed by atoms with Gasteiger partial charge in [0.15, 0.2) is 0 Å². The van der Waals surface area contributed by atoms with Crippen LogP contribution in [0.4, 0.5) is 11.5 Å². The lowest BCUT2D eigenvalue weighted by molar-refractivity contribution is -0.132. The number of carbonyl (C=O) groups is 1. The number of halogens is 2. The number of fused-ring (bicyclic) bond motifs is 1. The number of rotatable bonds is 5. The van der Waals surface area contributed by atoms with E-state index in [4.69, 9.17) is 23.2 Å². The average molecular weight is 433 g/mol. The van der Waals surface area contributed by atoms with Crippen LogP contribution in [0.5, 0.6) is 0 Å². The molecule has 3 N–H and O–H groups in total. The molecule has 0 aliphatic carbocycles. The van der Waals surface area contributed by atoms with E-state index in [1.807, 2.05) is 24.1 Å². The lowest BCUT2D eigenvalue weighted by Crippen LogP contribution is -2.49. The van der Waals surface area contributed by atoms with Gasteiger partial charge in [-0.05, 0) is 44.0 Å². The lowest BCUT2D eigenvalue weighted by Gasteiger charge is -2.35. The van der Waals surface area contributed by atoms with Gasteiger partial charge in [0.05, 0.1) is 5.39 Å². The molecule has 1 aliphatic heterocycles. The van der Waals surface area contributed by atoms with Gasteiger partial charge >= 0.3 is 0 Å². The van der Waals surface area contributed by atoms with Gasteiger partial charge < -0.3 is 20.5 Å². The van der Waals surface area contributed by atoms with Crippen molar-refractivity contribution in [1.29, 1.82) is 0 Å². The van der Waals surface area contributed by atoms with Gasteiger partial charge in [-0.15, -0.1) is 0 Å². The molecule has 4 rings (SSSR count). The van der Waals surface area contributed by atoms with Gasteiger partial charge in [-0.3, -0.25) is 4.79 Å². The van der Waals surface area contributed by atoms with Crippen molar-refractivity contribution in [3.63, 3.8) is 0 Å². The summed E-state index contributed by atoms with van der Waals surface area (Å²) in [5, 5.41) is 8.69. The molecule has 2 aromatic heterocycles. The Kier molecular flexibility index (Phi) is 5.78. The van der Waals surface area contributed by atoms with Crippen molar-refractivity contribution in [3.05, 3.63) is 46.8 Å². The number of amides is 1. The minimum absolute atomic E-state index is 0.0436. The number of aromatic nitrogens is 3. The number of H-pyrrole nitrogens is 1. The number of hydrogen-bond donors (Lipinski definition) is 3. The molecule has 1 amide bonds. The van der Waals surface area contributed by atoms with Gasteiger partial charge in [0.2, 0.25) is 5.91 Å². The number of hydrogen-bond acceptors (Lipinski definition) is 5. The highest BCUT2D eigenvalue weighted by Crippen LogP contribution is 2.24. The third-order valence-corrected chi connectivity index (χ3v) is 5.48. The van der Waals surface area contributed by atoms with E-state index < -0.39 is 6.04 Å². The fourth-order valence-electron chi connectivity index (χ4n) is 3.70. The van der Waals surface area contributed by atoms with E-state index in [1.54, 1.807) is 18.2 Å². The zero-order valence-corrected chi connectivity index (χ0v) is 17.5. The zero-order chi connectivity index (χ0) is 20.4. The quantitative estimate of drug-likeness (QED) is 0.563. The van der Waals surface area contributed by atoms with E-state index in [0.29, 0.717) is 16.6 Å². The molecule has 29 heavy (non-hydrogen) atoms. The Hall–Kier alpha value is -2.51. The highest BCUT2D eigenvalue weighted by atomic mass is 35.5. The van der Waals surface area contributed by atoms with Gasteiger partial charge in [-0.2, -0.15) is 0 Å². The van der Waals surface area contributed by atoms with Crippen LogP contribution in [0.15, 0.2) is 36.8 Å². The monoisotopic (exact) mass is 432 g/mol. The smallest absolute Gasteiger partial charge is 0.244 e. The van der Waals surface area contributed by atoms with E-state index in [-0.39, 0.29) is 11.9 Å². The van der Waals surface area contributed by atoms with Crippen molar-refractivity contribution in [3.8, 4) is 0 Å². The highest BCUT2D eigenvalue weighted by Gasteiger charge is 2.27. The maximum absolute atomic E-state index is 13.0. The summed E-state index contributed by atoms with van der Waals surface area (Å²) in [7, 11) is 0. The predicted molar refractivity (Wildman–Crippen MR) is 117 cm³/mol. The molecule has 3 aromatic rings. The summed E-state index contributed by atoms with van der Waals surface area (Å²) in [5.74, 6) is 0.831. The largest absolute Gasteiger partial charge is 0.374 e. The number of nitrogens with zero attached hydrogens (tertiary/aromatic N) is 3. The molecule has 0 spiro atoms. The first-order valence-electron chi connectivity index (χ1n) is 9.55. The number of aromatic amines is 1. The minimum Gasteiger partial charge on any atom is -0.374 e. The van der Waals surface area contributed by atoms with Gasteiger partial charge in [0.1, 0.15) is 23.8 Å². The van der Waals surface area contributed by atoms with Crippen molar-refractivity contribution >= 4 is 51.6 Å². The third kappa shape index (κ3) is 4.57. The van der Waals surface area contributed by atoms with Crippen LogP contribution in [-0.2, 0) is 4.79 Å². The van der Waals surface area contributed by atoms with E-state index in [2.05, 4.69) is 25.6 Å². The van der Waals surface area contributed by atoms with Crippen LogP contribution in [-0.4, -0.2) is 50.9 Å². The highest BCUT2D eigenvalue weighted by molar-refractivity contribution is 6.35. The number of piperidine rings is 1. The number of anilines is 2. The number of nitrogens with one attached hydrogen (secondary N) is 3. The van der Waals surface area contributed by atoms with Crippen LogP contribution in [0.1, 0.15) is 19.8 Å². The summed E-state index contributed by atoms with van der Waals surface area (Å²) in [6, 6.07) is 6.87. The Morgan fingerprint density at radius 2 is 2.07 bits per heavy atom. The van der Waals surface area contributed by atoms with Crippen LogP contribution in [0, 0.1) is 0 Å². The molecule has 1 aliphatic rings. The van der Waals surface area contributed by atoms with E-state index in [9.17, 15) is 4.79 Å². The van der Waals surface area contributed by atoms with Crippen molar-refractivity contribution in [2.45, 2.75) is 31.8 Å². The van der Waals surface area contributed by atoms with Crippen LogP contribution >= 0.6 is 23.2 Å². The van der Waals surface area contributed by atoms with Gasteiger partial charge in [0, 0.05) is 41.1 Å². The Bertz CT molecular complexity index is 1000. The Morgan fingerprint density at radius 3 is 2.86 bits per heavy atom. The fraction of sp³-hybridized carbons (Fsp3) is 0.350. The summed E-state index contributed by atoms with van der Waals surface area (Å²) < 4.78 is 0. The summed E-state index contributed by atoms with van der Waals surface area (Å²) >= 11 is 12.1. The standard InChI is InChI=1S/C20H22Cl2N6O/c1-12(26-16-8-13(21)7-14(22)9-16)20(29)28-6-2-3-15(10-28)27-19-17-4-5-23-18(17)24-11-25-19/h4-5,7-9,11-12,15,26H,2-3,6,10H2,1H3,(H2,23,24,25,27)/t12-,15+/m1/s1. The maximum atomic E-state index is 13.0. The van der Waals surface area contributed by atoms with Gasteiger partial charge in [-0.25, -0.2) is 9.97 Å². The van der Waals surface area contributed by atoms with Crippen LogP contribution < -0.4 is 10.6 Å².